The van der Waals surface area contributed by atoms with Crippen molar-refractivity contribution >= 4 is 17.3 Å². The Morgan fingerprint density at radius 1 is 1.47 bits per heavy atom. The van der Waals surface area contributed by atoms with Crippen molar-refractivity contribution in [3.05, 3.63) is 35.6 Å². The van der Waals surface area contributed by atoms with Crippen molar-refractivity contribution in [2.45, 2.75) is 0 Å². The number of anilines is 1. The molecule has 1 aromatic heterocycles. The topological polar surface area (TPSA) is 53.1 Å². The molecule has 0 aliphatic heterocycles. The average molecular weight is 224 g/mol. The number of methoxy groups -OCH3 is 1. The lowest BCUT2D eigenvalue weighted by Gasteiger charge is -2.05. The van der Waals surface area contributed by atoms with E-state index in [1.54, 1.807) is 11.8 Å². The van der Waals surface area contributed by atoms with Crippen LogP contribution in [0.25, 0.3) is 5.69 Å². The maximum atomic E-state index is 5.97. The first-order valence-corrected chi connectivity index (χ1v) is 4.73. The summed E-state index contributed by atoms with van der Waals surface area (Å²) in [6.07, 6.45) is 1.52. The molecule has 0 amide bonds. The first-order valence-electron chi connectivity index (χ1n) is 4.36. The lowest BCUT2D eigenvalue weighted by molar-refractivity contribution is 0.414. The Labute approximate surface area is 92.2 Å². The number of rotatable bonds is 2. The summed E-state index contributed by atoms with van der Waals surface area (Å²) < 4.78 is 6.66. The molecule has 0 fully saturated rings. The van der Waals surface area contributed by atoms with Crippen molar-refractivity contribution in [3.63, 3.8) is 0 Å². The van der Waals surface area contributed by atoms with E-state index in [4.69, 9.17) is 22.1 Å². The van der Waals surface area contributed by atoms with Crippen LogP contribution in [0, 0.1) is 0 Å². The summed E-state index contributed by atoms with van der Waals surface area (Å²) in [6.45, 7) is 0. The normalized spacial score (nSPS) is 10.3. The molecule has 5 heteroatoms. The standard InChI is InChI=1S/C10H10ClN3O/c1-15-8-4-2-3-7(5-8)14-10(11)9(12)6-13-14/h2-6H,12H2,1H3. The Morgan fingerprint density at radius 3 is 2.87 bits per heavy atom. The summed E-state index contributed by atoms with van der Waals surface area (Å²) >= 11 is 5.97. The molecule has 2 rings (SSSR count). The van der Waals surface area contributed by atoms with E-state index in [9.17, 15) is 0 Å². The van der Waals surface area contributed by atoms with Gasteiger partial charge in [0.15, 0.2) is 5.15 Å². The Kier molecular flexibility index (Phi) is 2.51. The molecule has 78 valence electrons. The van der Waals surface area contributed by atoms with Crippen LogP contribution in [0.1, 0.15) is 0 Å². The third-order valence-electron chi connectivity index (χ3n) is 2.03. The third-order valence-corrected chi connectivity index (χ3v) is 2.41. The van der Waals surface area contributed by atoms with Crippen LogP contribution in [-0.4, -0.2) is 16.9 Å². The summed E-state index contributed by atoms with van der Waals surface area (Å²) in [5, 5.41) is 4.47. The van der Waals surface area contributed by atoms with Gasteiger partial charge in [0.25, 0.3) is 0 Å². The van der Waals surface area contributed by atoms with Gasteiger partial charge in [0.05, 0.1) is 24.7 Å². The summed E-state index contributed by atoms with van der Waals surface area (Å²) in [6, 6.07) is 7.42. The summed E-state index contributed by atoms with van der Waals surface area (Å²) in [4.78, 5) is 0. The number of hydrogen-bond acceptors (Lipinski definition) is 3. The van der Waals surface area contributed by atoms with Crippen LogP contribution in [0.2, 0.25) is 5.15 Å². The van der Waals surface area contributed by atoms with E-state index >= 15 is 0 Å². The van der Waals surface area contributed by atoms with Crippen LogP contribution < -0.4 is 10.5 Å². The van der Waals surface area contributed by atoms with Crippen molar-refractivity contribution < 1.29 is 4.74 Å². The van der Waals surface area contributed by atoms with Gasteiger partial charge in [-0.05, 0) is 12.1 Å². The SMILES string of the molecule is COc1cccc(-n2ncc(N)c2Cl)c1. The average Bonchev–Trinajstić information content (AvgIpc) is 2.60. The van der Waals surface area contributed by atoms with E-state index < -0.39 is 0 Å². The minimum atomic E-state index is 0.406. The second-order valence-electron chi connectivity index (χ2n) is 3.00. The van der Waals surface area contributed by atoms with Gasteiger partial charge < -0.3 is 10.5 Å². The van der Waals surface area contributed by atoms with Crippen LogP contribution in [0.5, 0.6) is 5.75 Å². The summed E-state index contributed by atoms with van der Waals surface area (Å²) in [5.41, 5.74) is 6.88. The van der Waals surface area contributed by atoms with E-state index in [0.29, 0.717) is 10.8 Å². The summed E-state index contributed by atoms with van der Waals surface area (Å²) in [5.74, 6) is 0.748. The highest BCUT2D eigenvalue weighted by Crippen LogP contribution is 2.23. The van der Waals surface area contributed by atoms with E-state index in [1.807, 2.05) is 24.3 Å². The molecule has 0 spiro atoms. The van der Waals surface area contributed by atoms with Crippen molar-refractivity contribution in [1.29, 1.82) is 0 Å². The molecule has 4 nitrogen and oxygen atoms in total. The molecule has 15 heavy (non-hydrogen) atoms. The molecular formula is C10H10ClN3O. The van der Waals surface area contributed by atoms with Crippen LogP contribution in [0.3, 0.4) is 0 Å². The first kappa shape index (κ1) is 9.86. The Morgan fingerprint density at radius 2 is 2.27 bits per heavy atom. The van der Waals surface area contributed by atoms with Gasteiger partial charge in [-0.2, -0.15) is 5.10 Å². The highest BCUT2D eigenvalue weighted by Gasteiger charge is 2.07. The quantitative estimate of drug-likeness (QED) is 0.849. The van der Waals surface area contributed by atoms with E-state index in [2.05, 4.69) is 5.10 Å². The van der Waals surface area contributed by atoms with Gasteiger partial charge in [0.1, 0.15) is 5.75 Å². The molecule has 0 aliphatic carbocycles. The number of halogens is 1. The van der Waals surface area contributed by atoms with Gasteiger partial charge in [0, 0.05) is 6.07 Å². The molecule has 0 aliphatic rings. The zero-order valence-corrected chi connectivity index (χ0v) is 8.90. The van der Waals surface area contributed by atoms with Crippen molar-refractivity contribution in [3.8, 4) is 11.4 Å². The van der Waals surface area contributed by atoms with Gasteiger partial charge in [-0.25, -0.2) is 4.68 Å². The molecule has 1 aromatic carbocycles. The van der Waals surface area contributed by atoms with Crippen molar-refractivity contribution in [2.75, 3.05) is 12.8 Å². The Bertz CT molecular complexity index is 481. The van der Waals surface area contributed by atoms with E-state index in [-0.39, 0.29) is 0 Å². The second kappa shape index (κ2) is 3.82. The van der Waals surface area contributed by atoms with Gasteiger partial charge in [-0.1, -0.05) is 17.7 Å². The predicted molar refractivity (Wildman–Crippen MR) is 59.5 cm³/mol. The lowest BCUT2D eigenvalue weighted by Crippen LogP contribution is -1.97. The van der Waals surface area contributed by atoms with Gasteiger partial charge in [-0.15, -0.1) is 0 Å². The fourth-order valence-electron chi connectivity index (χ4n) is 1.27. The molecule has 0 bridgehead atoms. The molecule has 0 unspecified atom stereocenters. The number of aromatic nitrogens is 2. The number of nitrogens with two attached hydrogens (primary N) is 1. The number of nitrogen functional groups attached to an aromatic ring is 1. The number of hydrogen-bond donors (Lipinski definition) is 1. The Balaban J connectivity index is 2.49. The van der Waals surface area contributed by atoms with E-state index in [1.165, 1.54) is 6.20 Å². The molecule has 0 radical (unpaired) electrons. The molecule has 1 heterocycles. The smallest absolute Gasteiger partial charge is 0.155 e. The molecule has 2 N–H and O–H groups in total. The Hall–Kier alpha value is -1.68. The van der Waals surface area contributed by atoms with E-state index in [0.717, 1.165) is 11.4 Å². The van der Waals surface area contributed by atoms with Crippen LogP contribution in [0.4, 0.5) is 5.69 Å². The number of nitrogens with zero attached hydrogens (tertiary/aromatic N) is 2. The molecule has 0 saturated heterocycles. The second-order valence-corrected chi connectivity index (χ2v) is 3.36. The highest BCUT2D eigenvalue weighted by molar-refractivity contribution is 6.32. The summed E-state index contributed by atoms with van der Waals surface area (Å²) in [7, 11) is 1.61. The van der Waals surface area contributed by atoms with Crippen LogP contribution >= 0.6 is 11.6 Å². The third kappa shape index (κ3) is 1.76. The maximum Gasteiger partial charge on any atom is 0.155 e. The molecule has 0 atom stereocenters. The molecule has 0 saturated carbocycles. The van der Waals surface area contributed by atoms with Crippen molar-refractivity contribution in [2.24, 2.45) is 0 Å². The molecular weight excluding hydrogens is 214 g/mol. The highest BCUT2D eigenvalue weighted by atomic mass is 35.5. The zero-order chi connectivity index (χ0) is 10.8. The fraction of sp³-hybridized carbons (Fsp3) is 0.100. The van der Waals surface area contributed by atoms with Crippen molar-refractivity contribution in [1.82, 2.24) is 9.78 Å². The molecule has 2 aromatic rings. The largest absolute Gasteiger partial charge is 0.497 e. The first-order chi connectivity index (χ1) is 7.22. The monoisotopic (exact) mass is 223 g/mol. The lowest BCUT2D eigenvalue weighted by atomic mass is 10.3. The van der Waals surface area contributed by atoms with Gasteiger partial charge in [0.2, 0.25) is 0 Å². The van der Waals surface area contributed by atoms with Gasteiger partial charge in [-0.3, -0.25) is 0 Å². The zero-order valence-electron chi connectivity index (χ0n) is 8.14. The van der Waals surface area contributed by atoms with Gasteiger partial charge >= 0.3 is 0 Å². The number of ether oxygens (including phenoxy) is 1. The minimum Gasteiger partial charge on any atom is -0.497 e. The minimum absolute atomic E-state index is 0.406. The number of benzene rings is 1. The maximum absolute atomic E-state index is 5.97. The predicted octanol–water partition coefficient (Wildman–Crippen LogP) is 2.12. The van der Waals surface area contributed by atoms with Crippen LogP contribution in [-0.2, 0) is 0 Å². The van der Waals surface area contributed by atoms with Crippen LogP contribution in [0.15, 0.2) is 30.5 Å². The fourth-order valence-corrected chi connectivity index (χ4v) is 1.46.